The number of Topliss-reactive ketones (excluding diaryl/α,β-unsaturated/α-hetero) is 2. The number of aryl methyl sites for hydroxylation is 1. The van der Waals surface area contributed by atoms with E-state index < -0.39 is 0 Å². The van der Waals surface area contributed by atoms with Crippen molar-refractivity contribution in [3.63, 3.8) is 0 Å². The highest BCUT2D eigenvalue weighted by atomic mass is 79.9. The number of rotatable bonds is 5. The number of allylic oxidation sites excluding steroid dienone is 1. The quantitative estimate of drug-likeness (QED) is 0.354. The van der Waals surface area contributed by atoms with Crippen molar-refractivity contribution in [2.75, 3.05) is 7.11 Å². The molecule has 0 aliphatic heterocycles. The van der Waals surface area contributed by atoms with Gasteiger partial charge in [-0.3, -0.25) is 9.59 Å². The van der Waals surface area contributed by atoms with Crippen LogP contribution in [0.15, 0.2) is 70.7 Å². The van der Waals surface area contributed by atoms with Crippen molar-refractivity contribution < 1.29 is 19.1 Å². The predicted molar refractivity (Wildman–Crippen MR) is 119 cm³/mol. The number of fused-ring (bicyclic) bond motifs is 1. The Kier molecular flexibility index (Phi) is 5.55. The van der Waals surface area contributed by atoms with Gasteiger partial charge in [-0.2, -0.15) is 0 Å². The lowest BCUT2D eigenvalue weighted by Crippen LogP contribution is -2.01. The molecule has 0 spiro atoms. The van der Waals surface area contributed by atoms with Crippen LogP contribution in [0.4, 0.5) is 0 Å². The number of carbonyl (C=O) groups excluding carboxylic acids is 2. The van der Waals surface area contributed by atoms with E-state index in [-0.39, 0.29) is 17.1 Å². The smallest absolute Gasteiger partial charge is 0.197 e. The van der Waals surface area contributed by atoms with E-state index in [2.05, 4.69) is 15.9 Å². The van der Waals surface area contributed by atoms with Crippen molar-refractivity contribution in [2.24, 2.45) is 0 Å². The van der Waals surface area contributed by atoms with Crippen molar-refractivity contribution in [3.8, 4) is 11.5 Å². The molecule has 0 bridgehead atoms. The van der Waals surface area contributed by atoms with E-state index in [0.29, 0.717) is 39.3 Å². The molecule has 5 heteroatoms. The van der Waals surface area contributed by atoms with Crippen molar-refractivity contribution in [1.29, 1.82) is 0 Å². The van der Waals surface area contributed by atoms with Crippen LogP contribution in [0.1, 0.15) is 37.4 Å². The van der Waals surface area contributed by atoms with Gasteiger partial charge in [-0.25, -0.2) is 0 Å². The maximum atomic E-state index is 12.7. The van der Waals surface area contributed by atoms with Crippen molar-refractivity contribution in [1.82, 2.24) is 0 Å². The zero-order chi connectivity index (χ0) is 21.3. The van der Waals surface area contributed by atoms with E-state index in [1.165, 1.54) is 5.56 Å². The molecule has 4 nitrogen and oxygen atoms in total. The average molecular weight is 463 g/mol. The Labute approximate surface area is 183 Å². The van der Waals surface area contributed by atoms with Gasteiger partial charge in [-0.05, 0) is 36.3 Å². The molecule has 0 radical (unpaired) electrons. The first-order chi connectivity index (χ1) is 14.5. The number of carbonyl (C=O) groups is 2. The molecule has 0 fully saturated rings. The lowest BCUT2D eigenvalue weighted by molar-refractivity contribution is 0.0990. The summed E-state index contributed by atoms with van der Waals surface area (Å²) in [7, 11) is 1.56. The van der Waals surface area contributed by atoms with E-state index in [0.717, 1.165) is 5.56 Å². The van der Waals surface area contributed by atoms with Gasteiger partial charge in [0.05, 0.1) is 12.7 Å². The lowest BCUT2D eigenvalue weighted by Gasteiger charge is -2.13. The molecule has 0 N–H and O–H groups in total. The highest BCUT2D eigenvalue weighted by Crippen LogP contribution is 2.36. The van der Waals surface area contributed by atoms with Gasteiger partial charge < -0.3 is 9.47 Å². The zero-order valence-electron chi connectivity index (χ0n) is 16.6. The van der Waals surface area contributed by atoms with E-state index in [1.54, 1.807) is 49.6 Å². The summed E-state index contributed by atoms with van der Waals surface area (Å²) in [6.45, 7) is 2.44. The third kappa shape index (κ3) is 3.81. The normalized spacial score (nSPS) is 12.7. The number of hydrogen-bond donors (Lipinski definition) is 0. The lowest BCUT2D eigenvalue weighted by atomic mass is 10.1. The first-order valence-corrected chi connectivity index (χ1v) is 10.2. The Bertz CT molecular complexity index is 1140. The zero-order valence-corrected chi connectivity index (χ0v) is 18.2. The highest BCUT2D eigenvalue weighted by Gasteiger charge is 2.32. The number of hydrogen-bond acceptors (Lipinski definition) is 4. The number of benzene rings is 3. The second kappa shape index (κ2) is 8.28. The first-order valence-electron chi connectivity index (χ1n) is 9.44. The van der Waals surface area contributed by atoms with Crippen molar-refractivity contribution in [2.45, 2.75) is 13.5 Å². The van der Waals surface area contributed by atoms with Crippen LogP contribution in [0.2, 0.25) is 0 Å². The maximum Gasteiger partial charge on any atom is 0.197 e. The summed E-state index contributed by atoms with van der Waals surface area (Å²) >= 11 is 3.53. The fraction of sp³-hybridized carbons (Fsp3) is 0.120. The van der Waals surface area contributed by atoms with Gasteiger partial charge in [0.25, 0.3) is 0 Å². The van der Waals surface area contributed by atoms with Gasteiger partial charge >= 0.3 is 0 Å². The molecule has 30 heavy (non-hydrogen) atoms. The fourth-order valence-electron chi connectivity index (χ4n) is 3.34. The largest absolute Gasteiger partial charge is 0.493 e. The SMILES string of the molecule is COc1cc(C=C2C(=O)c3ccccc3C2=O)c(Br)cc1OCc1ccc(C)cc1. The summed E-state index contributed by atoms with van der Waals surface area (Å²) in [5, 5.41) is 0. The molecule has 4 rings (SSSR count). The van der Waals surface area contributed by atoms with Crippen LogP contribution < -0.4 is 9.47 Å². The minimum Gasteiger partial charge on any atom is -0.493 e. The molecule has 0 unspecified atom stereocenters. The third-order valence-corrected chi connectivity index (χ3v) is 5.69. The van der Waals surface area contributed by atoms with Gasteiger partial charge in [0.2, 0.25) is 0 Å². The van der Waals surface area contributed by atoms with Crippen LogP contribution in [0.25, 0.3) is 6.08 Å². The average Bonchev–Trinajstić information content (AvgIpc) is 3.00. The molecule has 0 aromatic heterocycles. The summed E-state index contributed by atoms with van der Waals surface area (Å²) in [5.74, 6) is 0.564. The minimum atomic E-state index is -0.263. The Hall–Kier alpha value is -3.18. The highest BCUT2D eigenvalue weighted by molar-refractivity contribution is 9.10. The van der Waals surface area contributed by atoms with Crippen LogP contribution in [0.3, 0.4) is 0 Å². The molecule has 3 aromatic rings. The van der Waals surface area contributed by atoms with E-state index >= 15 is 0 Å². The molecule has 0 saturated heterocycles. The molecular weight excluding hydrogens is 444 g/mol. The van der Waals surface area contributed by atoms with Crippen LogP contribution in [-0.2, 0) is 6.61 Å². The summed E-state index contributed by atoms with van der Waals surface area (Å²) < 4.78 is 12.1. The van der Waals surface area contributed by atoms with Gasteiger partial charge in [0.15, 0.2) is 23.1 Å². The molecule has 0 saturated carbocycles. The van der Waals surface area contributed by atoms with Crippen LogP contribution >= 0.6 is 15.9 Å². The third-order valence-electron chi connectivity index (χ3n) is 5.00. The maximum absolute atomic E-state index is 12.7. The molecule has 0 amide bonds. The van der Waals surface area contributed by atoms with E-state index in [4.69, 9.17) is 9.47 Å². The Morgan fingerprint density at radius 1 is 0.900 bits per heavy atom. The predicted octanol–water partition coefficient (Wildman–Crippen LogP) is 5.81. The van der Waals surface area contributed by atoms with E-state index in [9.17, 15) is 9.59 Å². The summed E-state index contributed by atoms with van der Waals surface area (Å²) in [6.07, 6.45) is 1.60. The molecule has 150 valence electrons. The minimum absolute atomic E-state index is 0.146. The van der Waals surface area contributed by atoms with Gasteiger partial charge in [0, 0.05) is 15.6 Å². The molecule has 3 aromatic carbocycles. The summed E-state index contributed by atoms with van der Waals surface area (Å²) in [6, 6.07) is 18.5. The number of halogens is 1. The standard InChI is InChI=1S/C25H19BrO4/c1-15-7-9-16(10-8-15)14-30-23-13-21(26)17(12-22(23)29-2)11-20-24(27)18-5-3-4-6-19(18)25(20)28/h3-13H,14H2,1-2H3. The van der Waals surface area contributed by atoms with Crippen LogP contribution in [0.5, 0.6) is 11.5 Å². The molecule has 0 heterocycles. The Morgan fingerprint density at radius 3 is 2.13 bits per heavy atom. The van der Waals surface area contributed by atoms with Crippen molar-refractivity contribution in [3.05, 3.63) is 98.5 Å². The van der Waals surface area contributed by atoms with Crippen molar-refractivity contribution >= 4 is 33.6 Å². The molecule has 0 atom stereocenters. The molecule has 1 aliphatic carbocycles. The van der Waals surface area contributed by atoms with Gasteiger partial charge in [-0.15, -0.1) is 0 Å². The number of ether oxygens (including phenoxy) is 2. The van der Waals surface area contributed by atoms with Gasteiger partial charge in [0.1, 0.15) is 6.61 Å². The second-order valence-corrected chi connectivity index (χ2v) is 7.92. The number of methoxy groups -OCH3 is 1. The monoisotopic (exact) mass is 462 g/mol. The van der Waals surface area contributed by atoms with Crippen LogP contribution in [-0.4, -0.2) is 18.7 Å². The first kappa shape index (κ1) is 20.1. The Morgan fingerprint density at radius 2 is 1.53 bits per heavy atom. The fourth-order valence-corrected chi connectivity index (χ4v) is 3.78. The molecular formula is C25H19BrO4. The topological polar surface area (TPSA) is 52.6 Å². The summed E-state index contributed by atoms with van der Waals surface area (Å²) in [5.41, 5.74) is 3.93. The summed E-state index contributed by atoms with van der Waals surface area (Å²) in [4.78, 5) is 25.3. The van der Waals surface area contributed by atoms with Crippen LogP contribution in [0, 0.1) is 6.92 Å². The van der Waals surface area contributed by atoms with Gasteiger partial charge in [-0.1, -0.05) is 70.0 Å². The number of ketones is 2. The van der Waals surface area contributed by atoms with E-state index in [1.807, 2.05) is 31.2 Å². The Balaban J connectivity index is 1.63. The molecule has 1 aliphatic rings. The second-order valence-electron chi connectivity index (χ2n) is 7.06.